The van der Waals surface area contributed by atoms with Crippen molar-refractivity contribution in [2.24, 2.45) is 0 Å². The summed E-state index contributed by atoms with van der Waals surface area (Å²) in [5.74, 6) is -0.305. The first-order chi connectivity index (χ1) is 10.5. The molecule has 0 unspecified atom stereocenters. The average Bonchev–Trinajstić information content (AvgIpc) is 3.29. The summed E-state index contributed by atoms with van der Waals surface area (Å²) in [4.78, 5) is 23.9. The van der Waals surface area contributed by atoms with Crippen LogP contribution in [0.25, 0.3) is 0 Å². The van der Waals surface area contributed by atoms with Gasteiger partial charge in [0.1, 0.15) is 0 Å². The van der Waals surface area contributed by atoms with Crippen LogP contribution in [-0.4, -0.2) is 38.2 Å². The summed E-state index contributed by atoms with van der Waals surface area (Å²) < 4.78 is 15.4. The van der Waals surface area contributed by atoms with E-state index < -0.39 is 12.1 Å². The molecule has 1 amide bonds. The van der Waals surface area contributed by atoms with Gasteiger partial charge < -0.3 is 19.5 Å². The van der Waals surface area contributed by atoms with Gasteiger partial charge in [-0.2, -0.15) is 0 Å². The number of benzene rings is 1. The molecule has 0 heterocycles. The molecule has 1 aliphatic rings. The number of nitrogens with one attached hydrogen (secondary N) is 1. The van der Waals surface area contributed by atoms with Crippen molar-refractivity contribution in [3.63, 3.8) is 0 Å². The number of amides is 1. The van der Waals surface area contributed by atoms with E-state index in [-0.39, 0.29) is 22.5 Å². The van der Waals surface area contributed by atoms with Crippen LogP contribution < -0.4 is 14.8 Å². The predicted octanol–water partition coefficient (Wildman–Crippen LogP) is 2.18. The Morgan fingerprint density at radius 3 is 2.50 bits per heavy atom. The molecule has 120 valence electrons. The van der Waals surface area contributed by atoms with E-state index in [2.05, 4.69) is 5.32 Å². The maximum atomic E-state index is 12.1. The Morgan fingerprint density at radius 2 is 1.95 bits per heavy atom. The highest BCUT2D eigenvalue weighted by molar-refractivity contribution is 6.32. The molecule has 0 aromatic heterocycles. The monoisotopic (exact) mass is 327 g/mol. The number of hydrogen-bond donors (Lipinski definition) is 1. The zero-order chi connectivity index (χ0) is 16.3. The second-order valence-corrected chi connectivity index (χ2v) is 5.43. The molecular formula is C15H18ClNO5. The van der Waals surface area contributed by atoms with Gasteiger partial charge in [0.25, 0.3) is 5.91 Å². The minimum atomic E-state index is -0.875. The third kappa shape index (κ3) is 3.82. The molecule has 0 spiro atoms. The molecule has 0 saturated heterocycles. The summed E-state index contributed by atoms with van der Waals surface area (Å²) in [6.07, 6.45) is 1.06. The second-order valence-electron chi connectivity index (χ2n) is 5.02. The molecule has 2 rings (SSSR count). The molecule has 6 nitrogen and oxygen atoms in total. The minimum absolute atomic E-state index is 0.189. The third-order valence-corrected chi connectivity index (χ3v) is 3.53. The van der Waals surface area contributed by atoms with E-state index in [0.717, 1.165) is 12.8 Å². The van der Waals surface area contributed by atoms with Crippen molar-refractivity contribution in [1.29, 1.82) is 0 Å². The average molecular weight is 328 g/mol. The summed E-state index contributed by atoms with van der Waals surface area (Å²) >= 11 is 6.04. The topological polar surface area (TPSA) is 73.9 Å². The predicted molar refractivity (Wildman–Crippen MR) is 80.6 cm³/mol. The summed E-state index contributed by atoms with van der Waals surface area (Å²) in [6.45, 7) is 1.53. The fraction of sp³-hybridized carbons (Fsp3) is 0.467. The van der Waals surface area contributed by atoms with Crippen LogP contribution in [0, 0.1) is 0 Å². The van der Waals surface area contributed by atoms with Crippen LogP contribution in [0.2, 0.25) is 5.02 Å². The molecule has 1 N–H and O–H groups in total. The van der Waals surface area contributed by atoms with Crippen molar-refractivity contribution in [1.82, 2.24) is 5.32 Å². The minimum Gasteiger partial charge on any atom is -0.493 e. The van der Waals surface area contributed by atoms with Gasteiger partial charge >= 0.3 is 5.97 Å². The van der Waals surface area contributed by atoms with Crippen molar-refractivity contribution in [2.45, 2.75) is 31.9 Å². The number of carbonyl (C=O) groups is 2. The van der Waals surface area contributed by atoms with E-state index in [1.807, 2.05) is 0 Å². The lowest BCUT2D eigenvalue weighted by molar-refractivity contribution is -0.129. The van der Waals surface area contributed by atoms with Gasteiger partial charge in [-0.15, -0.1) is 0 Å². The van der Waals surface area contributed by atoms with E-state index in [4.69, 9.17) is 25.8 Å². The maximum absolute atomic E-state index is 12.1. The molecule has 1 aromatic carbocycles. The van der Waals surface area contributed by atoms with E-state index in [1.54, 1.807) is 0 Å². The Balaban J connectivity index is 2.08. The number of carbonyl (C=O) groups excluding carboxylic acids is 2. The molecule has 0 radical (unpaired) electrons. The molecule has 1 aliphatic carbocycles. The van der Waals surface area contributed by atoms with Gasteiger partial charge in [-0.3, -0.25) is 4.79 Å². The summed E-state index contributed by atoms with van der Waals surface area (Å²) in [5.41, 5.74) is 0.189. The SMILES string of the molecule is COc1cc(C(=O)O[C@H](C)C(=O)NC2CC2)cc(Cl)c1OC. The van der Waals surface area contributed by atoms with E-state index in [1.165, 1.54) is 33.3 Å². The van der Waals surface area contributed by atoms with Crippen molar-refractivity contribution in [2.75, 3.05) is 14.2 Å². The van der Waals surface area contributed by atoms with Crippen LogP contribution in [0.15, 0.2) is 12.1 Å². The van der Waals surface area contributed by atoms with Crippen molar-refractivity contribution in [3.8, 4) is 11.5 Å². The van der Waals surface area contributed by atoms with E-state index in [0.29, 0.717) is 11.5 Å². The quantitative estimate of drug-likeness (QED) is 0.811. The second kappa shape index (κ2) is 6.87. The first-order valence-corrected chi connectivity index (χ1v) is 7.27. The number of ether oxygens (including phenoxy) is 3. The van der Waals surface area contributed by atoms with Crippen LogP contribution >= 0.6 is 11.6 Å². The van der Waals surface area contributed by atoms with Crippen LogP contribution in [0.1, 0.15) is 30.1 Å². The molecule has 0 bridgehead atoms. The van der Waals surface area contributed by atoms with Gasteiger partial charge in [0.15, 0.2) is 17.6 Å². The number of rotatable bonds is 6. The van der Waals surface area contributed by atoms with E-state index >= 15 is 0 Å². The van der Waals surface area contributed by atoms with Gasteiger partial charge in [0.2, 0.25) is 0 Å². The molecule has 0 aliphatic heterocycles. The highest BCUT2D eigenvalue weighted by Crippen LogP contribution is 2.36. The lowest BCUT2D eigenvalue weighted by atomic mass is 10.2. The zero-order valence-electron chi connectivity index (χ0n) is 12.6. The molecule has 1 aromatic rings. The zero-order valence-corrected chi connectivity index (χ0v) is 13.4. The molecular weight excluding hydrogens is 310 g/mol. The fourth-order valence-corrected chi connectivity index (χ4v) is 2.15. The molecule has 22 heavy (non-hydrogen) atoms. The molecule has 1 fully saturated rings. The van der Waals surface area contributed by atoms with Gasteiger partial charge in [-0.05, 0) is 31.9 Å². The highest BCUT2D eigenvalue weighted by Gasteiger charge is 2.27. The first-order valence-electron chi connectivity index (χ1n) is 6.89. The van der Waals surface area contributed by atoms with Gasteiger partial charge in [-0.25, -0.2) is 4.79 Å². The maximum Gasteiger partial charge on any atom is 0.339 e. The van der Waals surface area contributed by atoms with Crippen LogP contribution in [-0.2, 0) is 9.53 Å². The summed E-state index contributed by atoms with van der Waals surface area (Å²) in [5, 5.41) is 3.00. The van der Waals surface area contributed by atoms with E-state index in [9.17, 15) is 9.59 Å². The number of hydrogen-bond acceptors (Lipinski definition) is 5. The standard InChI is InChI=1S/C15H18ClNO5/c1-8(14(18)17-10-4-5-10)22-15(19)9-6-11(16)13(21-3)12(7-9)20-2/h6-8,10H,4-5H2,1-3H3,(H,17,18)/t8-/m1/s1. The highest BCUT2D eigenvalue weighted by atomic mass is 35.5. The number of methoxy groups -OCH3 is 2. The van der Waals surface area contributed by atoms with Crippen molar-refractivity contribution in [3.05, 3.63) is 22.7 Å². The van der Waals surface area contributed by atoms with Gasteiger partial charge in [-0.1, -0.05) is 11.6 Å². The Bertz CT molecular complexity index is 586. The third-order valence-electron chi connectivity index (χ3n) is 3.25. The molecule has 1 saturated carbocycles. The Kier molecular flexibility index (Phi) is 5.13. The first kappa shape index (κ1) is 16.4. The van der Waals surface area contributed by atoms with Crippen LogP contribution in [0.3, 0.4) is 0 Å². The smallest absolute Gasteiger partial charge is 0.339 e. The van der Waals surface area contributed by atoms with Crippen LogP contribution in [0.5, 0.6) is 11.5 Å². The largest absolute Gasteiger partial charge is 0.493 e. The fourth-order valence-electron chi connectivity index (χ4n) is 1.86. The van der Waals surface area contributed by atoms with Crippen molar-refractivity contribution >= 4 is 23.5 Å². The lowest BCUT2D eigenvalue weighted by Gasteiger charge is -2.15. The Hall–Kier alpha value is -1.95. The summed E-state index contributed by atoms with van der Waals surface area (Å²) in [7, 11) is 2.89. The van der Waals surface area contributed by atoms with Gasteiger partial charge in [0.05, 0.1) is 24.8 Å². The summed E-state index contributed by atoms with van der Waals surface area (Å²) in [6, 6.07) is 3.08. The number of esters is 1. The van der Waals surface area contributed by atoms with Gasteiger partial charge in [0, 0.05) is 6.04 Å². The van der Waals surface area contributed by atoms with Crippen LogP contribution in [0.4, 0.5) is 0 Å². The normalized spacial score (nSPS) is 14.9. The Labute approximate surface area is 133 Å². The molecule has 1 atom stereocenters. The number of halogens is 1. The molecule has 7 heteroatoms. The van der Waals surface area contributed by atoms with Crippen molar-refractivity contribution < 1.29 is 23.8 Å². The lowest BCUT2D eigenvalue weighted by Crippen LogP contribution is -2.37. The Morgan fingerprint density at radius 1 is 1.27 bits per heavy atom.